The van der Waals surface area contributed by atoms with E-state index in [0.29, 0.717) is 32.8 Å². The Morgan fingerprint density at radius 3 is 2.45 bits per heavy atom. The number of hydrazine groups is 1. The zero-order valence-electron chi connectivity index (χ0n) is 11.0. The molecule has 1 saturated heterocycles. The van der Waals surface area contributed by atoms with E-state index < -0.39 is 5.97 Å². The summed E-state index contributed by atoms with van der Waals surface area (Å²) >= 11 is 0. The van der Waals surface area contributed by atoms with Crippen LogP contribution in [0.15, 0.2) is 24.3 Å². The van der Waals surface area contributed by atoms with Crippen molar-refractivity contribution in [1.82, 2.24) is 15.8 Å². The predicted molar refractivity (Wildman–Crippen MR) is 71.2 cm³/mol. The maximum Gasteiger partial charge on any atom is 0.335 e. The molecule has 7 heteroatoms. The van der Waals surface area contributed by atoms with Crippen LogP contribution in [0.3, 0.4) is 0 Å². The van der Waals surface area contributed by atoms with E-state index >= 15 is 0 Å². The number of carbonyl (C=O) groups excluding carboxylic acids is 1. The number of ether oxygens (including phenoxy) is 1. The zero-order valence-corrected chi connectivity index (χ0v) is 11.0. The smallest absolute Gasteiger partial charge is 0.335 e. The number of carboxylic acid groups (broad SMARTS) is 1. The lowest BCUT2D eigenvalue weighted by Crippen LogP contribution is -2.51. The number of hydrogen-bond acceptors (Lipinski definition) is 4. The number of hydrogen-bond donors (Lipinski definition) is 3. The molecule has 0 aliphatic carbocycles. The van der Waals surface area contributed by atoms with E-state index in [0.717, 1.165) is 5.56 Å². The van der Waals surface area contributed by atoms with Crippen LogP contribution in [0.5, 0.6) is 0 Å². The van der Waals surface area contributed by atoms with Gasteiger partial charge in [-0.05, 0) is 17.7 Å². The van der Waals surface area contributed by atoms with Crippen LogP contribution >= 0.6 is 0 Å². The molecule has 1 aliphatic heterocycles. The maximum absolute atomic E-state index is 11.7. The molecule has 1 aromatic carbocycles. The summed E-state index contributed by atoms with van der Waals surface area (Å²) in [5.74, 6) is -0.963. The zero-order chi connectivity index (χ0) is 14.4. The lowest BCUT2D eigenvalue weighted by molar-refractivity contribution is 0.0195. The Balaban J connectivity index is 1.76. The van der Waals surface area contributed by atoms with Gasteiger partial charge >= 0.3 is 12.0 Å². The van der Waals surface area contributed by atoms with Crippen LogP contribution in [-0.4, -0.2) is 48.4 Å². The largest absolute Gasteiger partial charge is 0.478 e. The number of urea groups is 1. The number of amides is 2. The van der Waals surface area contributed by atoms with Crippen LogP contribution in [0.25, 0.3) is 0 Å². The first-order valence-corrected chi connectivity index (χ1v) is 6.34. The minimum atomic E-state index is -0.963. The molecular weight excluding hydrogens is 262 g/mol. The van der Waals surface area contributed by atoms with Crippen molar-refractivity contribution in [1.29, 1.82) is 0 Å². The second kappa shape index (κ2) is 6.88. The van der Waals surface area contributed by atoms with E-state index in [4.69, 9.17) is 9.84 Å². The fraction of sp³-hybridized carbons (Fsp3) is 0.385. The van der Waals surface area contributed by atoms with E-state index in [9.17, 15) is 9.59 Å². The summed E-state index contributed by atoms with van der Waals surface area (Å²) in [5, 5.41) is 13.3. The lowest BCUT2D eigenvalue weighted by Gasteiger charge is -2.26. The minimum Gasteiger partial charge on any atom is -0.478 e. The van der Waals surface area contributed by atoms with Gasteiger partial charge in [0.05, 0.1) is 18.8 Å². The number of nitrogens with one attached hydrogen (secondary N) is 2. The van der Waals surface area contributed by atoms with Gasteiger partial charge in [-0.3, -0.25) is 5.43 Å². The monoisotopic (exact) mass is 279 g/mol. The molecule has 2 rings (SSSR count). The molecule has 0 aromatic heterocycles. The first kappa shape index (κ1) is 14.3. The summed E-state index contributed by atoms with van der Waals surface area (Å²) in [4.78, 5) is 22.4. The minimum absolute atomic E-state index is 0.228. The van der Waals surface area contributed by atoms with Crippen LogP contribution in [0, 0.1) is 0 Å². The number of benzene rings is 1. The first-order chi connectivity index (χ1) is 9.65. The summed E-state index contributed by atoms with van der Waals surface area (Å²) < 4.78 is 5.18. The van der Waals surface area contributed by atoms with Crippen molar-refractivity contribution in [2.45, 2.75) is 6.54 Å². The molecule has 1 aromatic rings. The van der Waals surface area contributed by atoms with Gasteiger partial charge in [0.25, 0.3) is 0 Å². The van der Waals surface area contributed by atoms with Gasteiger partial charge < -0.3 is 15.2 Å². The molecule has 108 valence electrons. The molecule has 2 amide bonds. The standard InChI is InChI=1S/C13H17N3O4/c17-12(18)11-3-1-10(2-4-11)9-14-13(19)15-16-5-7-20-8-6-16/h1-4H,5-9H2,(H,17,18)(H2,14,15,19). The van der Waals surface area contributed by atoms with Crippen LogP contribution in [-0.2, 0) is 11.3 Å². The summed E-state index contributed by atoms with van der Waals surface area (Å²) in [6.45, 7) is 2.89. The van der Waals surface area contributed by atoms with Gasteiger partial charge in [0.15, 0.2) is 0 Å². The van der Waals surface area contributed by atoms with Crippen molar-refractivity contribution in [2.75, 3.05) is 26.3 Å². The topological polar surface area (TPSA) is 90.9 Å². The highest BCUT2D eigenvalue weighted by Gasteiger charge is 2.12. The van der Waals surface area contributed by atoms with E-state index in [-0.39, 0.29) is 11.6 Å². The van der Waals surface area contributed by atoms with Crippen LogP contribution < -0.4 is 10.7 Å². The molecule has 1 fully saturated rings. The molecule has 1 aliphatic rings. The summed E-state index contributed by atoms with van der Waals surface area (Å²) in [5.41, 5.74) is 3.80. The van der Waals surface area contributed by atoms with Gasteiger partial charge in [0, 0.05) is 19.6 Å². The van der Waals surface area contributed by atoms with Crippen molar-refractivity contribution >= 4 is 12.0 Å². The molecule has 7 nitrogen and oxygen atoms in total. The molecule has 1 heterocycles. The molecule has 0 bridgehead atoms. The Hall–Kier alpha value is -2.12. The van der Waals surface area contributed by atoms with Crippen molar-refractivity contribution < 1.29 is 19.4 Å². The third kappa shape index (κ3) is 4.22. The number of rotatable bonds is 4. The number of nitrogens with zero attached hydrogens (tertiary/aromatic N) is 1. The molecule has 0 spiro atoms. The van der Waals surface area contributed by atoms with Crippen LogP contribution in [0.1, 0.15) is 15.9 Å². The van der Waals surface area contributed by atoms with Crippen molar-refractivity contribution in [3.63, 3.8) is 0 Å². The normalized spacial score (nSPS) is 15.6. The van der Waals surface area contributed by atoms with Crippen LogP contribution in [0.2, 0.25) is 0 Å². The number of aromatic carboxylic acids is 1. The van der Waals surface area contributed by atoms with Crippen molar-refractivity contribution in [2.24, 2.45) is 0 Å². The van der Waals surface area contributed by atoms with Gasteiger partial charge in [0.2, 0.25) is 0 Å². The quantitative estimate of drug-likeness (QED) is 0.743. The Morgan fingerprint density at radius 1 is 1.20 bits per heavy atom. The highest BCUT2D eigenvalue weighted by Crippen LogP contribution is 2.04. The average Bonchev–Trinajstić information content (AvgIpc) is 2.46. The maximum atomic E-state index is 11.7. The van der Waals surface area contributed by atoms with E-state index in [1.165, 1.54) is 12.1 Å². The second-order valence-corrected chi connectivity index (χ2v) is 4.40. The Kier molecular flexibility index (Phi) is 4.91. The molecule has 0 unspecified atom stereocenters. The number of carboxylic acids is 1. The van der Waals surface area contributed by atoms with E-state index in [2.05, 4.69) is 10.7 Å². The number of carbonyl (C=O) groups is 2. The third-order valence-corrected chi connectivity index (χ3v) is 2.92. The fourth-order valence-corrected chi connectivity index (χ4v) is 1.81. The SMILES string of the molecule is O=C(NCc1ccc(C(=O)O)cc1)NN1CCOCC1. The molecule has 0 atom stereocenters. The van der Waals surface area contributed by atoms with E-state index in [1.807, 2.05) is 0 Å². The molecule has 20 heavy (non-hydrogen) atoms. The lowest BCUT2D eigenvalue weighted by atomic mass is 10.1. The predicted octanol–water partition coefficient (Wildman–Crippen LogP) is 0.431. The van der Waals surface area contributed by atoms with Crippen LogP contribution in [0.4, 0.5) is 4.79 Å². The summed E-state index contributed by atoms with van der Waals surface area (Å²) in [7, 11) is 0. The van der Waals surface area contributed by atoms with Gasteiger partial charge in [-0.25, -0.2) is 14.6 Å². The second-order valence-electron chi connectivity index (χ2n) is 4.40. The van der Waals surface area contributed by atoms with Gasteiger partial charge in [-0.2, -0.15) is 0 Å². The van der Waals surface area contributed by atoms with Crippen molar-refractivity contribution in [3.05, 3.63) is 35.4 Å². The van der Waals surface area contributed by atoms with Gasteiger partial charge in [-0.15, -0.1) is 0 Å². The fourth-order valence-electron chi connectivity index (χ4n) is 1.81. The molecule has 0 radical (unpaired) electrons. The molecular formula is C13H17N3O4. The van der Waals surface area contributed by atoms with Crippen molar-refractivity contribution in [3.8, 4) is 0 Å². The third-order valence-electron chi connectivity index (χ3n) is 2.92. The van der Waals surface area contributed by atoms with E-state index in [1.54, 1.807) is 17.1 Å². The Bertz CT molecular complexity index is 469. The summed E-state index contributed by atoms with van der Waals surface area (Å²) in [6.07, 6.45) is 0. The first-order valence-electron chi connectivity index (χ1n) is 6.34. The highest BCUT2D eigenvalue weighted by molar-refractivity contribution is 5.87. The van der Waals surface area contributed by atoms with Gasteiger partial charge in [0.1, 0.15) is 0 Å². The Morgan fingerprint density at radius 2 is 1.85 bits per heavy atom. The summed E-state index contributed by atoms with van der Waals surface area (Å²) in [6, 6.07) is 6.10. The molecule has 0 saturated carbocycles. The highest BCUT2D eigenvalue weighted by atomic mass is 16.5. The number of morpholine rings is 1. The average molecular weight is 279 g/mol. The molecule has 3 N–H and O–H groups in total. The Labute approximate surface area is 116 Å². The van der Waals surface area contributed by atoms with Gasteiger partial charge in [-0.1, -0.05) is 12.1 Å².